The highest BCUT2D eigenvalue weighted by Gasteiger charge is 2.45. The van der Waals surface area contributed by atoms with E-state index in [-0.39, 0.29) is 11.9 Å². The van der Waals surface area contributed by atoms with E-state index in [4.69, 9.17) is 4.74 Å². The standard InChI is InChI=1S/C13H21N3O3S/c17-20(18,16-5-2-11-7-14-15-8-11)9-12-6-13(10-19-12)3-1-4-13/h7-8,12,16H,1-6,9-10H2,(H,14,15). The highest BCUT2D eigenvalue weighted by atomic mass is 32.2. The van der Waals surface area contributed by atoms with Gasteiger partial charge in [0.1, 0.15) is 0 Å². The molecule has 1 aromatic heterocycles. The first-order valence-electron chi connectivity index (χ1n) is 7.14. The van der Waals surface area contributed by atoms with Crippen LogP contribution in [0.1, 0.15) is 31.2 Å². The minimum atomic E-state index is -3.26. The summed E-state index contributed by atoms with van der Waals surface area (Å²) in [6, 6.07) is 0. The molecule has 1 atom stereocenters. The lowest BCUT2D eigenvalue weighted by Gasteiger charge is -2.36. The Balaban J connectivity index is 1.44. The molecular weight excluding hydrogens is 278 g/mol. The minimum absolute atomic E-state index is 0.0835. The summed E-state index contributed by atoms with van der Waals surface area (Å²) in [5.74, 6) is 0.0835. The van der Waals surface area contributed by atoms with Crippen LogP contribution in [0.2, 0.25) is 0 Å². The third kappa shape index (κ3) is 3.21. The van der Waals surface area contributed by atoms with Gasteiger partial charge < -0.3 is 4.74 Å². The Labute approximate surface area is 119 Å². The van der Waals surface area contributed by atoms with E-state index in [1.54, 1.807) is 12.4 Å². The molecule has 0 radical (unpaired) electrons. The van der Waals surface area contributed by atoms with Gasteiger partial charge in [-0.15, -0.1) is 0 Å². The van der Waals surface area contributed by atoms with Crippen LogP contribution in [-0.2, 0) is 21.2 Å². The molecule has 2 aliphatic rings. The van der Waals surface area contributed by atoms with E-state index in [0.717, 1.165) is 18.6 Å². The maximum Gasteiger partial charge on any atom is 0.214 e. The Kier molecular flexibility index (Phi) is 3.83. The smallest absolute Gasteiger partial charge is 0.214 e. The lowest BCUT2D eigenvalue weighted by molar-refractivity contribution is 0.0750. The lowest BCUT2D eigenvalue weighted by atomic mass is 9.68. The van der Waals surface area contributed by atoms with Crippen LogP contribution in [0.3, 0.4) is 0 Å². The molecule has 1 saturated heterocycles. The number of rotatable bonds is 6. The number of hydrogen-bond donors (Lipinski definition) is 2. The van der Waals surface area contributed by atoms with Gasteiger partial charge in [0.2, 0.25) is 10.0 Å². The average Bonchev–Trinajstić information content (AvgIpc) is 2.96. The molecule has 6 nitrogen and oxygen atoms in total. The minimum Gasteiger partial charge on any atom is -0.377 e. The van der Waals surface area contributed by atoms with Crippen LogP contribution >= 0.6 is 0 Å². The third-order valence-electron chi connectivity index (χ3n) is 4.40. The molecule has 1 aliphatic carbocycles. The Morgan fingerprint density at radius 3 is 2.95 bits per heavy atom. The van der Waals surface area contributed by atoms with Crippen LogP contribution in [-0.4, -0.2) is 43.6 Å². The van der Waals surface area contributed by atoms with Crippen molar-refractivity contribution in [3.05, 3.63) is 18.0 Å². The van der Waals surface area contributed by atoms with Crippen LogP contribution in [0.5, 0.6) is 0 Å². The maximum atomic E-state index is 12.0. The van der Waals surface area contributed by atoms with E-state index in [9.17, 15) is 8.42 Å². The summed E-state index contributed by atoms with van der Waals surface area (Å²) in [5.41, 5.74) is 1.30. The SMILES string of the molecule is O=S(=O)(CC1CC2(CCC2)CO1)NCCc1cn[nH]c1. The first kappa shape index (κ1) is 14.0. The normalized spacial score (nSPS) is 24.9. The molecule has 1 unspecified atom stereocenters. The van der Waals surface area contributed by atoms with Crippen molar-refractivity contribution in [2.24, 2.45) is 5.41 Å². The van der Waals surface area contributed by atoms with E-state index in [2.05, 4.69) is 14.9 Å². The molecule has 2 N–H and O–H groups in total. The van der Waals surface area contributed by atoms with E-state index in [0.29, 0.717) is 18.4 Å². The first-order valence-corrected chi connectivity index (χ1v) is 8.79. The predicted octanol–water partition coefficient (Wildman–Crippen LogP) is 0.831. The topological polar surface area (TPSA) is 84.1 Å². The van der Waals surface area contributed by atoms with Crippen molar-refractivity contribution in [3.63, 3.8) is 0 Å². The number of nitrogens with zero attached hydrogens (tertiary/aromatic N) is 1. The van der Waals surface area contributed by atoms with Gasteiger partial charge in [0.05, 0.1) is 24.7 Å². The van der Waals surface area contributed by atoms with Crippen LogP contribution in [0, 0.1) is 5.41 Å². The fourth-order valence-corrected chi connectivity index (χ4v) is 4.33. The van der Waals surface area contributed by atoms with Gasteiger partial charge in [0.25, 0.3) is 0 Å². The number of nitrogens with one attached hydrogen (secondary N) is 2. The molecule has 0 aromatic carbocycles. The summed E-state index contributed by atoms with van der Waals surface area (Å²) in [6.07, 6.45) is 8.52. The van der Waals surface area contributed by atoms with Crippen molar-refractivity contribution in [2.45, 2.75) is 38.2 Å². The Bertz CT molecular complexity index is 537. The number of sulfonamides is 1. The Hall–Kier alpha value is -0.920. The highest BCUT2D eigenvalue weighted by molar-refractivity contribution is 7.89. The van der Waals surface area contributed by atoms with Gasteiger partial charge in [-0.3, -0.25) is 5.10 Å². The summed E-state index contributed by atoms with van der Waals surface area (Å²) in [4.78, 5) is 0. The van der Waals surface area contributed by atoms with Crippen molar-refractivity contribution in [3.8, 4) is 0 Å². The number of ether oxygens (including phenoxy) is 1. The van der Waals surface area contributed by atoms with E-state index < -0.39 is 10.0 Å². The molecule has 20 heavy (non-hydrogen) atoms. The Morgan fingerprint density at radius 2 is 2.35 bits per heavy atom. The molecule has 2 fully saturated rings. The highest BCUT2D eigenvalue weighted by Crippen LogP contribution is 2.49. The zero-order valence-corrected chi connectivity index (χ0v) is 12.3. The van der Waals surface area contributed by atoms with Crippen LogP contribution in [0.25, 0.3) is 0 Å². The van der Waals surface area contributed by atoms with Crippen molar-refractivity contribution >= 4 is 10.0 Å². The van der Waals surface area contributed by atoms with Gasteiger partial charge in [-0.05, 0) is 36.7 Å². The summed E-state index contributed by atoms with van der Waals surface area (Å²) < 4.78 is 32.3. The maximum absolute atomic E-state index is 12.0. The summed E-state index contributed by atoms with van der Waals surface area (Å²) in [5, 5.41) is 6.54. The van der Waals surface area contributed by atoms with E-state index in [1.165, 1.54) is 19.3 Å². The van der Waals surface area contributed by atoms with E-state index >= 15 is 0 Å². The van der Waals surface area contributed by atoms with Crippen molar-refractivity contribution in [2.75, 3.05) is 18.9 Å². The number of aromatic nitrogens is 2. The molecule has 1 aromatic rings. The van der Waals surface area contributed by atoms with Gasteiger partial charge in [0.15, 0.2) is 0 Å². The second-order valence-electron chi connectivity index (χ2n) is 6.02. The predicted molar refractivity (Wildman–Crippen MR) is 74.7 cm³/mol. The van der Waals surface area contributed by atoms with Crippen LogP contribution < -0.4 is 4.72 Å². The quantitative estimate of drug-likeness (QED) is 0.815. The van der Waals surface area contributed by atoms with E-state index in [1.807, 2.05) is 0 Å². The molecule has 2 heterocycles. The van der Waals surface area contributed by atoms with Crippen molar-refractivity contribution in [1.29, 1.82) is 0 Å². The molecule has 0 bridgehead atoms. The van der Waals surface area contributed by atoms with Gasteiger partial charge >= 0.3 is 0 Å². The van der Waals surface area contributed by atoms with Crippen LogP contribution in [0.15, 0.2) is 12.4 Å². The molecule has 1 saturated carbocycles. The van der Waals surface area contributed by atoms with Gasteiger partial charge in [-0.2, -0.15) is 5.10 Å². The largest absolute Gasteiger partial charge is 0.377 e. The summed E-state index contributed by atoms with van der Waals surface area (Å²) >= 11 is 0. The van der Waals surface area contributed by atoms with Gasteiger partial charge in [-0.1, -0.05) is 6.42 Å². The monoisotopic (exact) mass is 299 g/mol. The molecule has 0 amide bonds. The second-order valence-corrected chi connectivity index (χ2v) is 7.87. The van der Waals surface area contributed by atoms with Crippen LogP contribution in [0.4, 0.5) is 0 Å². The first-order chi connectivity index (χ1) is 9.57. The average molecular weight is 299 g/mol. The molecule has 7 heteroatoms. The summed E-state index contributed by atoms with van der Waals surface area (Å²) in [7, 11) is -3.26. The van der Waals surface area contributed by atoms with Gasteiger partial charge in [0, 0.05) is 12.7 Å². The molecular formula is C13H21N3O3S. The van der Waals surface area contributed by atoms with Gasteiger partial charge in [-0.25, -0.2) is 13.1 Å². The number of hydrogen-bond acceptors (Lipinski definition) is 4. The number of H-pyrrole nitrogens is 1. The molecule has 1 aliphatic heterocycles. The molecule has 3 rings (SSSR count). The third-order valence-corrected chi connectivity index (χ3v) is 5.85. The zero-order valence-electron chi connectivity index (χ0n) is 11.5. The molecule has 1 spiro atoms. The van der Waals surface area contributed by atoms with Crippen molar-refractivity contribution < 1.29 is 13.2 Å². The number of aromatic amines is 1. The Morgan fingerprint density at radius 1 is 1.50 bits per heavy atom. The fraction of sp³-hybridized carbons (Fsp3) is 0.769. The zero-order chi connectivity index (χ0) is 14.1. The fourth-order valence-electron chi connectivity index (χ4n) is 3.10. The second kappa shape index (κ2) is 5.46. The molecule has 112 valence electrons. The lowest BCUT2D eigenvalue weighted by Crippen LogP contribution is -2.34. The van der Waals surface area contributed by atoms with Crippen molar-refractivity contribution in [1.82, 2.24) is 14.9 Å². The summed E-state index contributed by atoms with van der Waals surface area (Å²) in [6.45, 7) is 1.14.